The van der Waals surface area contributed by atoms with Gasteiger partial charge in [-0.3, -0.25) is 0 Å². The smallest absolute Gasteiger partial charge is 0.338 e. The lowest BCUT2D eigenvalue weighted by Crippen LogP contribution is -2.11. The lowest BCUT2D eigenvalue weighted by Gasteiger charge is -2.19. The molecule has 4 heteroatoms. The molecule has 6 aromatic carbocycles. The van der Waals surface area contributed by atoms with E-state index in [1.54, 1.807) is 26.0 Å². The standard InChI is InChI=1S/C40H30O4/c1-25(2)39(41)43-35-21-17-31-23-29(27-11-7-5-8-12-27)15-19-33(31)37(35)38-34-20-16-30(28-13-9-6-10-14-28)24-32(34)18-22-36(38)44-40(42)26(3)4/h5-24H,1,3H2,2,4H3. The van der Waals surface area contributed by atoms with E-state index in [4.69, 9.17) is 9.47 Å². The van der Waals surface area contributed by atoms with Crippen LogP contribution in [0.1, 0.15) is 13.8 Å². The lowest BCUT2D eigenvalue weighted by molar-refractivity contribution is -0.131. The maximum Gasteiger partial charge on any atom is 0.338 e. The number of rotatable bonds is 7. The van der Waals surface area contributed by atoms with Crippen molar-refractivity contribution in [2.45, 2.75) is 13.8 Å². The summed E-state index contributed by atoms with van der Waals surface area (Å²) < 4.78 is 11.9. The zero-order chi connectivity index (χ0) is 30.8. The van der Waals surface area contributed by atoms with Gasteiger partial charge >= 0.3 is 11.9 Å². The summed E-state index contributed by atoms with van der Waals surface area (Å²) in [6.07, 6.45) is 0. The molecule has 0 saturated carbocycles. The molecule has 0 aromatic heterocycles. The minimum absolute atomic E-state index is 0.273. The molecule has 0 atom stereocenters. The Morgan fingerprint density at radius 2 is 0.864 bits per heavy atom. The van der Waals surface area contributed by atoms with E-state index in [1.165, 1.54) is 0 Å². The summed E-state index contributed by atoms with van der Waals surface area (Å²) in [4.78, 5) is 25.7. The van der Waals surface area contributed by atoms with Crippen LogP contribution in [0.4, 0.5) is 0 Å². The Kier molecular flexibility index (Phi) is 7.65. The van der Waals surface area contributed by atoms with Gasteiger partial charge < -0.3 is 9.47 Å². The van der Waals surface area contributed by atoms with Crippen molar-refractivity contribution in [3.05, 3.63) is 146 Å². The maximum absolute atomic E-state index is 12.9. The van der Waals surface area contributed by atoms with Gasteiger partial charge in [-0.1, -0.05) is 110 Å². The molecule has 0 unspecified atom stereocenters. The molecule has 0 fully saturated rings. The van der Waals surface area contributed by atoms with E-state index in [-0.39, 0.29) is 11.1 Å². The molecular formula is C40H30O4. The number of ether oxygens (including phenoxy) is 2. The minimum Gasteiger partial charge on any atom is -0.423 e. The third kappa shape index (κ3) is 5.53. The van der Waals surface area contributed by atoms with Crippen LogP contribution in [0, 0.1) is 0 Å². The molecule has 0 aliphatic heterocycles. The van der Waals surface area contributed by atoms with Crippen LogP contribution in [0.25, 0.3) is 54.9 Å². The molecule has 0 spiro atoms. The van der Waals surface area contributed by atoms with Crippen molar-refractivity contribution in [1.82, 2.24) is 0 Å². The lowest BCUT2D eigenvalue weighted by atomic mass is 9.90. The Hall–Kier alpha value is -5.74. The van der Waals surface area contributed by atoms with Crippen molar-refractivity contribution in [3.63, 3.8) is 0 Å². The van der Waals surface area contributed by atoms with Crippen LogP contribution < -0.4 is 9.47 Å². The first-order valence-electron chi connectivity index (χ1n) is 14.3. The highest BCUT2D eigenvalue weighted by Crippen LogP contribution is 2.47. The largest absolute Gasteiger partial charge is 0.423 e. The van der Waals surface area contributed by atoms with E-state index in [0.29, 0.717) is 22.6 Å². The molecule has 0 N–H and O–H groups in total. The summed E-state index contributed by atoms with van der Waals surface area (Å²) in [6, 6.07) is 40.1. The first kappa shape index (κ1) is 28.4. The molecule has 0 radical (unpaired) electrons. The number of fused-ring (bicyclic) bond motifs is 2. The Bertz CT molecular complexity index is 1940. The van der Waals surface area contributed by atoms with Crippen molar-refractivity contribution in [3.8, 4) is 44.9 Å². The van der Waals surface area contributed by atoms with Crippen molar-refractivity contribution in [1.29, 1.82) is 0 Å². The normalized spacial score (nSPS) is 10.9. The number of hydrogen-bond donors (Lipinski definition) is 0. The fourth-order valence-corrected chi connectivity index (χ4v) is 5.30. The fourth-order valence-electron chi connectivity index (χ4n) is 5.30. The number of esters is 2. The summed E-state index contributed by atoms with van der Waals surface area (Å²) in [6.45, 7) is 10.8. The van der Waals surface area contributed by atoms with Crippen molar-refractivity contribution >= 4 is 33.5 Å². The zero-order valence-electron chi connectivity index (χ0n) is 24.6. The third-order valence-electron chi connectivity index (χ3n) is 7.53. The second-order valence-corrected chi connectivity index (χ2v) is 10.8. The first-order valence-corrected chi connectivity index (χ1v) is 14.3. The van der Waals surface area contributed by atoms with Crippen molar-refractivity contribution < 1.29 is 19.1 Å². The van der Waals surface area contributed by atoms with Crippen LogP contribution in [-0.4, -0.2) is 11.9 Å². The van der Waals surface area contributed by atoms with Gasteiger partial charge in [-0.2, -0.15) is 0 Å². The van der Waals surface area contributed by atoms with E-state index in [9.17, 15) is 9.59 Å². The van der Waals surface area contributed by atoms with Crippen LogP contribution in [0.3, 0.4) is 0 Å². The van der Waals surface area contributed by atoms with Gasteiger partial charge in [0.25, 0.3) is 0 Å². The molecule has 0 heterocycles. The molecule has 0 aliphatic rings. The Balaban J connectivity index is 1.66. The highest BCUT2D eigenvalue weighted by atomic mass is 16.5. The first-order chi connectivity index (χ1) is 21.3. The van der Waals surface area contributed by atoms with Crippen LogP contribution in [0.5, 0.6) is 11.5 Å². The molecule has 214 valence electrons. The molecule has 0 aliphatic carbocycles. The zero-order valence-corrected chi connectivity index (χ0v) is 24.6. The summed E-state index contributed by atoms with van der Waals surface area (Å²) in [5.74, 6) is -0.410. The number of benzene rings is 6. The second-order valence-electron chi connectivity index (χ2n) is 10.8. The highest BCUT2D eigenvalue weighted by molar-refractivity contribution is 6.12. The summed E-state index contributed by atoms with van der Waals surface area (Å²) in [7, 11) is 0. The second kappa shape index (κ2) is 11.9. The average Bonchev–Trinajstić information content (AvgIpc) is 3.05. The summed E-state index contributed by atoms with van der Waals surface area (Å²) >= 11 is 0. The molecule has 4 nitrogen and oxygen atoms in total. The average molecular weight is 575 g/mol. The molecule has 6 rings (SSSR count). The van der Waals surface area contributed by atoms with Crippen LogP contribution in [-0.2, 0) is 9.59 Å². The van der Waals surface area contributed by atoms with Crippen LogP contribution in [0.15, 0.2) is 146 Å². The molecule has 0 bridgehead atoms. The summed E-state index contributed by atoms with van der Waals surface area (Å²) in [5.41, 5.74) is 6.10. The predicted octanol–water partition coefficient (Wildman–Crippen LogP) is 9.96. The minimum atomic E-state index is -0.543. The van der Waals surface area contributed by atoms with Gasteiger partial charge in [0.2, 0.25) is 0 Å². The van der Waals surface area contributed by atoms with Gasteiger partial charge in [0.05, 0.1) is 0 Å². The van der Waals surface area contributed by atoms with Crippen molar-refractivity contribution in [2.75, 3.05) is 0 Å². The number of carbonyl (C=O) groups excluding carboxylic acids is 2. The molecule has 0 saturated heterocycles. The molecule has 44 heavy (non-hydrogen) atoms. The SMILES string of the molecule is C=C(C)C(=O)Oc1ccc2cc(-c3ccccc3)ccc2c1-c1c(OC(=O)C(=C)C)ccc2cc(-c3ccccc3)ccc12. The van der Waals surface area contributed by atoms with Gasteiger partial charge in [0, 0.05) is 22.3 Å². The Morgan fingerprint density at radius 1 is 0.477 bits per heavy atom. The van der Waals surface area contributed by atoms with E-state index >= 15 is 0 Å². The Labute approximate surface area is 256 Å². The quantitative estimate of drug-likeness (QED) is 0.108. The van der Waals surface area contributed by atoms with Crippen LogP contribution in [0.2, 0.25) is 0 Å². The van der Waals surface area contributed by atoms with E-state index in [1.807, 2.05) is 72.8 Å². The topological polar surface area (TPSA) is 52.6 Å². The maximum atomic E-state index is 12.9. The van der Waals surface area contributed by atoms with E-state index in [0.717, 1.165) is 43.8 Å². The Morgan fingerprint density at radius 3 is 1.23 bits per heavy atom. The fraction of sp³-hybridized carbons (Fsp3) is 0.0500. The molecule has 0 amide bonds. The summed E-state index contributed by atoms with van der Waals surface area (Å²) in [5, 5.41) is 3.55. The van der Waals surface area contributed by atoms with Crippen molar-refractivity contribution in [2.24, 2.45) is 0 Å². The third-order valence-corrected chi connectivity index (χ3v) is 7.53. The van der Waals surface area contributed by atoms with Gasteiger partial charge in [-0.25, -0.2) is 9.59 Å². The number of hydrogen-bond acceptors (Lipinski definition) is 4. The van der Waals surface area contributed by atoms with Gasteiger partial charge in [0.15, 0.2) is 0 Å². The van der Waals surface area contributed by atoms with Gasteiger partial charge in [-0.05, 0) is 81.9 Å². The van der Waals surface area contributed by atoms with Crippen LogP contribution >= 0.6 is 0 Å². The van der Waals surface area contributed by atoms with E-state index < -0.39 is 11.9 Å². The van der Waals surface area contributed by atoms with E-state index in [2.05, 4.69) is 49.6 Å². The monoisotopic (exact) mass is 574 g/mol. The molecular weight excluding hydrogens is 544 g/mol. The predicted molar refractivity (Wildman–Crippen MR) is 179 cm³/mol. The molecule has 6 aromatic rings. The number of carbonyl (C=O) groups is 2. The van der Waals surface area contributed by atoms with Gasteiger partial charge in [0.1, 0.15) is 11.5 Å². The highest BCUT2D eigenvalue weighted by Gasteiger charge is 2.23. The van der Waals surface area contributed by atoms with Gasteiger partial charge in [-0.15, -0.1) is 0 Å².